The van der Waals surface area contributed by atoms with E-state index in [0.717, 1.165) is 74.3 Å². The van der Waals surface area contributed by atoms with E-state index in [1.165, 1.54) is 32.4 Å². The minimum atomic E-state index is 0.387. The first-order chi connectivity index (χ1) is 13.8. The summed E-state index contributed by atoms with van der Waals surface area (Å²) >= 11 is 0. The highest BCUT2D eigenvalue weighted by Crippen LogP contribution is 2.31. The minimum Gasteiger partial charge on any atom is -0.493 e. The van der Waals surface area contributed by atoms with Crippen LogP contribution in [-0.2, 0) is 4.79 Å². The third-order valence-electron chi connectivity index (χ3n) is 6.04. The molecule has 6 heteroatoms. The first-order valence-corrected chi connectivity index (χ1v) is 10.6. The standard InChI is InChI=1S/C22H30N4O2/c27-17-26-12-7-18(8-13-26)22-20-6-5-19(15-21(20)23-16-24-22)28-14-4-11-25-9-2-1-3-10-25/h5-6,15-18H,1-4,7-14H2. The third kappa shape index (κ3) is 4.61. The van der Waals surface area contributed by atoms with Gasteiger partial charge in [-0.05, 0) is 57.3 Å². The number of likely N-dealkylation sites (tertiary alicyclic amines) is 2. The Morgan fingerprint density at radius 1 is 1.07 bits per heavy atom. The van der Waals surface area contributed by atoms with Gasteiger partial charge in [0.05, 0.1) is 17.8 Å². The Morgan fingerprint density at radius 3 is 2.68 bits per heavy atom. The number of carbonyl (C=O) groups excluding carboxylic acids is 1. The van der Waals surface area contributed by atoms with E-state index in [0.29, 0.717) is 5.92 Å². The SMILES string of the molecule is O=CN1CCC(c2ncnc3cc(OCCCN4CCCCC4)ccc23)CC1. The van der Waals surface area contributed by atoms with Gasteiger partial charge in [-0.2, -0.15) is 0 Å². The molecule has 6 nitrogen and oxygen atoms in total. The summed E-state index contributed by atoms with van der Waals surface area (Å²) in [6.07, 6.45) is 9.63. The summed E-state index contributed by atoms with van der Waals surface area (Å²) in [5.74, 6) is 1.27. The van der Waals surface area contributed by atoms with Crippen LogP contribution in [0.4, 0.5) is 0 Å². The normalized spacial score (nSPS) is 19.1. The fourth-order valence-corrected chi connectivity index (χ4v) is 4.41. The minimum absolute atomic E-state index is 0.387. The highest BCUT2D eigenvalue weighted by atomic mass is 16.5. The molecule has 4 rings (SSSR count). The second kappa shape index (κ2) is 9.32. The number of benzene rings is 1. The van der Waals surface area contributed by atoms with Crippen LogP contribution in [0.3, 0.4) is 0 Å². The molecule has 150 valence electrons. The van der Waals surface area contributed by atoms with Crippen molar-refractivity contribution in [1.29, 1.82) is 0 Å². The summed E-state index contributed by atoms with van der Waals surface area (Å²) < 4.78 is 5.99. The fourth-order valence-electron chi connectivity index (χ4n) is 4.41. The van der Waals surface area contributed by atoms with E-state index in [9.17, 15) is 4.79 Å². The largest absolute Gasteiger partial charge is 0.493 e. The molecule has 0 radical (unpaired) electrons. The molecule has 0 N–H and O–H groups in total. The van der Waals surface area contributed by atoms with Gasteiger partial charge in [0.2, 0.25) is 6.41 Å². The molecular weight excluding hydrogens is 352 g/mol. The maximum atomic E-state index is 10.9. The van der Waals surface area contributed by atoms with Crippen LogP contribution in [-0.4, -0.2) is 65.5 Å². The van der Waals surface area contributed by atoms with Crippen LogP contribution < -0.4 is 4.74 Å². The number of piperidine rings is 2. The Labute approximate surface area is 166 Å². The van der Waals surface area contributed by atoms with Crippen molar-refractivity contribution in [3.05, 3.63) is 30.2 Å². The molecule has 0 unspecified atom stereocenters. The van der Waals surface area contributed by atoms with Gasteiger partial charge in [-0.15, -0.1) is 0 Å². The number of aromatic nitrogens is 2. The van der Waals surface area contributed by atoms with E-state index in [-0.39, 0.29) is 0 Å². The molecule has 0 aliphatic carbocycles. The molecule has 0 bridgehead atoms. The van der Waals surface area contributed by atoms with Gasteiger partial charge in [0.15, 0.2) is 0 Å². The molecule has 2 fully saturated rings. The fraction of sp³-hybridized carbons (Fsp3) is 0.591. The lowest BCUT2D eigenvalue weighted by Gasteiger charge is -2.29. The van der Waals surface area contributed by atoms with Crippen molar-refractivity contribution >= 4 is 17.3 Å². The zero-order valence-corrected chi connectivity index (χ0v) is 16.6. The average Bonchev–Trinajstić information content (AvgIpc) is 2.77. The Kier molecular flexibility index (Phi) is 6.37. The molecule has 1 aromatic heterocycles. The number of fused-ring (bicyclic) bond motifs is 1. The van der Waals surface area contributed by atoms with Crippen LogP contribution in [0.15, 0.2) is 24.5 Å². The molecule has 2 aliphatic heterocycles. The van der Waals surface area contributed by atoms with Crippen LogP contribution in [0.1, 0.15) is 50.1 Å². The van der Waals surface area contributed by atoms with E-state index in [2.05, 4.69) is 20.9 Å². The molecule has 3 heterocycles. The van der Waals surface area contributed by atoms with Crippen molar-refractivity contribution in [3.8, 4) is 5.75 Å². The number of hydrogen-bond donors (Lipinski definition) is 0. The number of hydrogen-bond acceptors (Lipinski definition) is 5. The summed E-state index contributed by atoms with van der Waals surface area (Å²) in [7, 11) is 0. The third-order valence-corrected chi connectivity index (χ3v) is 6.04. The second-order valence-corrected chi connectivity index (χ2v) is 7.96. The zero-order chi connectivity index (χ0) is 19.2. The van der Waals surface area contributed by atoms with Gasteiger partial charge in [-0.1, -0.05) is 6.42 Å². The van der Waals surface area contributed by atoms with Gasteiger partial charge >= 0.3 is 0 Å². The lowest BCUT2D eigenvalue weighted by Crippen LogP contribution is -2.32. The topological polar surface area (TPSA) is 58.6 Å². The van der Waals surface area contributed by atoms with Crippen LogP contribution in [0, 0.1) is 0 Å². The van der Waals surface area contributed by atoms with Crippen molar-refractivity contribution in [2.24, 2.45) is 0 Å². The lowest BCUT2D eigenvalue weighted by molar-refractivity contribution is -0.119. The monoisotopic (exact) mass is 382 g/mol. The smallest absolute Gasteiger partial charge is 0.209 e. The molecule has 2 saturated heterocycles. The lowest BCUT2D eigenvalue weighted by atomic mass is 9.91. The van der Waals surface area contributed by atoms with E-state index < -0.39 is 0 Å². The zero-order valence-electron chi connectivity index (χ0n) is 16.6. The Hall–Kier alpha value is -2.21. The maximum Gasteiger partial charge on any atom is 0.209 e. The highest BCUT2D eigenvalue weighted by molar-refractivity contribution is 5.82. The Bertz CT molecular complexity index is 783. The molecule has 1 amide bonds. The number of rotatable bonds is 7. The number of carbonyl (C=O) groups is 1. The van der Waals surface area contributed by atoms with E-state index in [1.807, 2.05) is 17.0 Å². The first kappa shape index (κ1) is 19.1. The molecule has 28 heavy (non-hydrogen) atoms. The van der Waals surface area contributed by atoms with E-state index >= 15 is 0 Å². The molecule has 0 atom stereocenters. The van der Waals surface area contributed by atoms with Gasteiger partial charge in [0.25, 0.3) is 0 Å². The van der Waals surface area contributed by atoms with Gasteiger partial charge in [-0.25, -0.2) is 9.97 Å². The van der Waals surface area contributed by atoms with Gasteiger partial charge in [0, 0.05) is 37.0 Å². The van der Waals surface area contributed by atoms with Crippen molar-refractivity contribution in [2.45, 2.75) is 44.4 Å². The predicted octanol–water partition coefficient (Wildman–Crippen LogP) is 3.22. The van der Waals surface area contributed by atoms with Crippen molar-refractivity contribution in [1.82, 2.24) is 19.8 Å². The summed E-state index contributed by atoms with van der Waals surface area (Å²) in [6.45, 7) is 5.95. The van der Waals surface area contributed by atoms with Gasteiger partial charge < -0.3 is 14.5 Å². The van der Waals surface area contributed by atoms with Gasteiger partial charge in [0.1, 0.15) is 12.1 Å². The number of amides is 1. The van der Waals surface area contributed by atoms with Crippen molar-refractivity contribution < 1.29 is 9.53 Å². The van der Waals surface area contributed by atoms with E-state index in [1.54, 1.807) is 6.33 Å². The van der Waals surface area contributed by atoms with Crippen LogP contribution >= 0.6 is 0 Å². The first-order valence-electron chi connectivity index (χ1n) is 10.6. The maximum absolute atomic E-state index is 10.9. The summed E-state index contributed by atoms with van der Waals surface area (Å²) in [6, 6.07) is 6.16. The number of nitrogens with zero attached hydrogens (tertiary/aromatic N) is 4. The molecule has 1 aromatic carbocycles. The second-order valence-electron chi connectivity index (χ2n) is 7.96. The van der Waals surface area contributed by atoms with Crippen LogP contribution in [0.25, 0.3) is 10.9 Å². The summed E-state index contributed by atoms with van der Waals surface area (Å²) in [5, 5.41) is 1.10. The number of ether oxygens (including phenoxy) is 1. The van der Waals surface area contributed by atoms with Gasteiger partial charge in [-0.3, -0.25) is 4.79 Å². The summed E-state index contributed by atoms with van der Waals surface area (Å²) in [4.78, 5) is 24.4. The average molecular weight is 383 g/mol. The highest BCUT2D eigenvalue weighted by Gasteiger charge is 2.22. The van der Waals surface area contributed by atoms with Crippen LogP contribution in [0.2, 0.25) is 0 Å². The Balaban J connectivity index is 1.35. The quantitative estimate of drug-likeness (QED) is 0.544. The van der Waals surface area contributed by atoms with E-state index in [4.69, 9.17) is 4.74 Å². The Morgan fingerprint density at radius 2 is 1.89 bits per heavy atom. The van der Waals surface area contributed by atoms with Crippen molar-refractivity contribution in [2.75, 3.05) is 39.3 Å². The molecule has 0 spiro atoms. The molecule has 2 aliphatic rings. The molecular formula is C22H30N4O2. The molecule has 2 aromatic rings. The van der Waals surface area contributed by atoms with Crippen molar-refractivity contribution in [3.63, 3.8) is 0 Å². The van der Waals surface area contributed by atoms with Crippen LogP contribution in [0.5, 0.6) is 5.75 Å². The predicted molar refractivity (Wildman–Crippen MR) is 110 cm³/mol. The summed E-state index contributed by atoms with van der Waals surface area (Å²) in [5.41, 5.74) is 2.04. The molecule has 0 saturated carbocycles.